The van der Waals surface area contributed by atoms with Crippen LogP contribution in [-0.2, 0) is 0 Å². The molecule has 0 aliphatic rings. The second kappa shape index (κ2) is 8.31. The largest absolute Gasteiger partial charge is 0.384 e. The van der Waals surface area contributed by atoms with E-state index in [2.05, 4.69) is 12.2 Å². The molecule has 0 aliphatic heterocycles. The van der Waals surface area contributed by atoms with Gasteiger partial charge in [-0.2, -0.15) is 0 Å². The van der Waals surface area contributed by atoms with E-state index in [0.29, 0.717) is 29.1 Å². The van der Waals surface area contributed by atoms with Crippen LogP contribution in [0.4, 0.5) is 5.82 Å². The minimum Gasteiger partial charge on any atom is -0.384 e. The first-order valence-electron chi connectivity index (χ1n) is 10.1. The SMILES string of the molecule is CCCCCCNC(=O)c1c(N)n(-c2ccccc2)c2nc3ccccc3nc12. The number of nitrogens with two attached hydrogens (primary N) is 1. The second-order valence-corrected chi connectivity index (χ2v) is 7.13. The third-order valence-electron chi connectivity index (χ3n) is 5.06. The number of nitrogens with zero attached hydrogens (tertiary/aromatic N) is 3. The Morgan fingerprint density at radius 1 is 0.966 bits per heavy atom. The summed E-state index contributed by atoms with van der Waals surface area (Å²) in [7, 11) is 0. The first-order chi connectivity index (χ1) is 14.2. The van der Waals surface area contributed by atoms with Gasteiger partial charge in [0.2, 0.25) is 0 Å². The van der Waals surface area contributed by atoms with Gasteiger partial charge < -0.3 is 11.1 Å². The summed E-state index contributed by atoms with van der Waals surface area (Å²) in [5.74, 6) is 0.149. The third-order valence-corrected chi connectivity index (χ3v) is 5.06. The van der Waals surface area contributed by atoms with Gasteiger partial charge in [-0.1, -0.05) is 56.5 Å². The molecule has 4 aromatic rings. The average molecular weight is 387 g/mol. The fourth-order valence-corrected chi connectivity index (χ4v) is 3.57. The summed E-state index contributed by atoms with van der Waals surface area (Å²) in [4.78, 5) is 22.5. The van der Waals surface area contributed by atoms with Gasteiger partial charge in [-0.05, 0) is 30.7 Å². The Labute approximate surface area is 169 Å². The van der Waals surface area contributed by atoms with Crippen LogP contribution in [0.3, 0.4) is 0 Å². The fourth-order valence-electron chi connectivity index (χ4n) is 3.57. The van der Waals surface area contributed by atoms with Crippen molar-refractivity contribution in [1.82, 2.24) is 19.9 Å². The van der Waals surface area contributed by atoms with Gasteiger partial charge in [0.05, 0.1) is 11.0 Å². The molecular formula is C23H25N5O. The van der Waals surface area contributed by atoms with Crippen LogP contribution < -0.4 is 11.1 Å². The van der Waals surface area contributed by atoms with Gasteiger partial charge in [-0.3, -0.25) is 9.36 Å². The molecule has 0 radical (unpaired) electrons. The minimum atomic E-state index is -0.205. The zero-order valence-corrected chi connectivity index (χ0v) is 16.6. The molecule has 2 heterocycles. The molecule has 0 saturated carbocycles. The summed E-state index contributed by atoms with van der Waals surface area (Å²) in [5.41, 5.74) is 10.3. The highest BCUT2D eigenvalue weighted by molar-refractivity contribution is 6.11. The number of hydrogen-bond donors (Lipinski definition) is 2. The van der Waals surface area contributed by atoms with Crippen molar-refractivity contribution in [2.24, 2.45) is 0 Å². The monoisotopic (exact) mass is 387 g/mol. The number of nitrogen functional groups attached to an aromatic ring is 1. The second-order valence-electron chi connectivity index (χ2n) is 7.13. The van der Waals surface area contributed by atoms with Gasteiger partial charge in [0.15, 0.2) is 5.65 Å². The van der Waals surface area contributed by atoms with Crippen molar-refractivity contribution < 1.29 is 4.79 Å². The van der Waals surface area contributed by atoms with Gasteiger partial charge in [0.1, 0.15) is 16.9 Å². The Morgan fingerprint density at radius 3 is 2.38 bits per heavy atom. The van der Waals surface area contributed by atoms with Crippen LogP contribution in [0.1, 0.15) is 43.0 Å². The number of rotatable bonds is 7. The van der Waals surface area contributed by atoms with E-state index >= 15 is 0 Å². The van der Waals surface area contributed by atoms with Crippen molar-refractivity contribution >= 4 is 33.9 Å². The normalized spacial score (nSPS) is 11.2. The zero-order chi connectivity index (χ0) is 20.2. The molecule has 2 aromatic heterocycles. The number of unbranched alkanes of at least 4 members (excludes halogenated alkanes) is 3. The molecule has 6 heteroatoms. The molecule has 0 saturated heterocycles. The number of carbonyl (C=O) groups excluding carboxylic acids is 1. The van der Waals surface area contributed by atoms with Crippen LogP contribution in [-0.4, -0.2) is 27.0 Å². The lowest BCUT2D eigenvalue weighted by Crippen LogP contribution is -2.25. The number of hydrogen-bond acceptors (Lipinski definition) is 4. The standard InChI is InChI=1S/C23H25N5O/c1-2-3-4-10-15-25-23(29)19-20-22(27-18-14-9-8-13-17(18)26-20)28(21(19)24)16-11-6-5-7-12-16/h5-9,11-14H,2-4,10,15,24H2,1H3,(H,25,29). The van der Waals surface area contributed by atoms with Crippen LogP contribution in [0.2, 0.25) is 0 Å². The van der Waals surface area contributed by atoms with E-state index in [1.807, 2.05) is 54.6 Å². The molecule has 1 amide bonds. The molecule has 2 aromatic carbocycles. The molecule has 3 N–H and O–H groups in total. The molecule has 6 nitrogen and oxygen atoms in total. The number of anilines is 1. The summed E-state index contributed by atoms with van der Waals surface area (Å²) < 4.78 is 1.81. The minimum absolute atomic E-state index is 0.205. The number of benzene rings is 2. The number of fused-ring (bicyclic) bond motifs is 2. The van der Waals surface area contributed by atoms with E-state index in [9.17, 15) is 4.79 Å². The molecule has 0 bridgehead atoms. The van der Waals surface area contributed by atoms with Crippen molar-refractivity contribution in [3.05, 3.63) is 60.2 Å². The smallest absolute Gasteiger partial charge is 0.257 e. The number of amides is 1. The van der Waals surface area contributed by atoms with Crippen molar-refractivity contribution in [2.45, 2.75) is 32.6 Å². The van der Waals surface area contributed by atoms with E-state index in [4.69, 9.17) is 15.7 Å². The van der Waals surface area contributed by atoms with Gasteiger partial charge in [-0.15, -0.1) is 0 Å². The summed E-state index contributed by atoms with van der Waals surface area (Å²) in [6.07, 6.45) is 4.38. The summed E-state index contributed by atoms with van der Waals surface area (Å²) in [6.45, 7) is 2.79. The maximum absolute atomic E-state index is 13.0. The first kappa shape index (κ1) is 18.9. The molecule has 148 valence electrons. The maximum Gasteiger partial charge on any atom is 0.257 e. The lowest BCUT2D eigenvalue weighted by molar-refractivity contribution is 0.0955. The number of nitrogens with one attached hydrogen (secondary N) is 1. The van der Waals surface area contributed by atoms with Crippen molar-refractivity contribution in [1.29, 1.82) is 0 Å². The Balaban J connectivity index is 1.82. The first-order valence-corrected chi connectivity index (χ1v) is 10.1. The molecule has 0 atom stereocenters. The van der Waals surface area contributed by atoms with Gasteiger partial charge >= 0.3 is 0 Å². The highest BCUT2D eigenvalue weighted by Gasteiger charge is 2.24. The Kier molecular flexibility index (Phi) is 5.42. The van der Waals surface area contributed by atoms with Crippen LogP contribution >= 0.6 is 0 Å². The molecular weight excluding hydrogens is 362 g/mol. The number of para-hydroxylation sites is 3. The lowest BCUT2D eigenvalue weighted by atomic mass is 10.2. The summed E-state index contributed by atoms with van der Waals surface area (Å²) in [6, 6.07) is 17.3. The van der Waals surface area contributed by atoms with Crippen molar-refractivity contribution in [3.63, 3.8) is 0 Å². The topological polar surface area (TPSA) is 85.8 Å². The molecule has 4 rings (SSSR count). The van der Waals surface area contributed by atoms with E-state index in [1.165, 1.54) is 6.42 Å². The van der Waals surface area contributed by atoms with Gasteiger partial charge in [0, 0.05) is 12.2 Å². The average Bonchev–Trinajstić information content (AvgIpc) is 3.03. The molecule has 0 spiro atoms. The maximum atomic E-state index is 13.0. The quantitative estimate of drug-likeness (QED) is 0.458. The number of aromatic nitrogens is 3. The van der Waals surface area contributed by atoms with E-state index in [0.717, 1.165) is 36.0 Å². The van der Waals surface area contributed by atoms with Crippen LogP contribution in [0.5, 0.6) is 0 Å². The molecule has 0 fully saturated rings. The van der Waals surface area contributed by atoms with E-state index < -0.39 is 0 Å². The Bertz CT molecular complexity index is 1150. The zero-order valence-electron chi connectivity index (χ0n) is 16.6. The lowest BCUT2D eigenvalue weighted by Gasteiger charge is -2.08. The fraction of sp³-hybridized carbons (Fsp3) is 0.261. The Hall–Kier alpha value is -3.41. The van der Waals surface area contributed by atoms with Crippen molar-refractivity contribution in [3.8, 4) is 5.69 Å². The number of carbonyl (C=O) groups is 1. The van der Waals surface area contributed by atoms with Crippen molar-refractivity contribution in [2.75, 3.05) is 12.3 Å². The van der Waals surface area contributed by atoms with Crippen LogP contribution in [0, 0.1) is 0 Å². The molecule has 0 aliphatic carbocycles. The highest BCUT2D eigenvalue weighted by Crippen LogP contribution is 2.30. The van der Waals surface area contributed by atoms with Gasteiger partial charge in [0.25, 0.3) is 5.91 Å². The molecule has 29 heavy (non-hydrogen) atoms. The highest BCUT2D eigenvalue weighted by atomic mass is 16.1. The third kappa shape index (κ3) is 3.66. The predicted molar refractivity (Wildman–Crippen MR) is 117 cm³/mol. The van der Waals surface area contributed by atoms with E-state index in [-0.39, 0.29) is 5.91 Å². The summed E-state index contributed by atoms with van der Waals surface area (Å²) in [5, 5.41) is 3.00. The summed E-state index contributed by atoms with van der Waals surface area (Å²) >= 11 is 0. The van der Waals surface area contributed by atoms with Crippen LogP contribution in [0.15, 0.2) is 54.6 Å². The van der Waals surface area contributed by atoms with Gasteiger partial charge in [-0.25, -0.2) is 9.97 Å². The Morgan fingerprint density at radius 2 is 1.66 bits per heavy atom. The van der Waals surface area contributed by atoms with Crippen LogP contribution in [0.25, 0.3) is 27.9 Å². The molecule has 0 unspecified atom stereocenters. The predicted octanol–water partition coefficient (Wildman–Crippen LogP) is 4.47. The van der Waals surface area contributed by atoms with E-state index in [1.54, 1.807) is 4.57 Å².